The topological polar surface area (TPSA) is 87.2 Å². The molecule has 0 radical (unpaired) electrons. The lowest BCUT2D eigenvalue weighted by Gasteiger charge is -2.36. The van der Waals surface area contributed by atoms with Crippen LogP contribution in [0.3, 0.4) is 0 Å². The molecule has 2 aliphatic carbocycles. The molecule has 1 aromatic carbocycles. The van der Waals surface area contributed by atoms with Crippen LogP contribution >= 0.6 is 11.6 Å². The number of benzene rings is 1. The van der Waals surface area contributed by atoms with Crippen molar-refractivity contribution in [3.63, 3.8) is 0 Å². The molecule has 0 bridgehead atoms. The summed E-state index contributed by atoms with van der Waals surface area (Å²) in [5.74, 6) is -3.82. The first kappa shape index (κ1) is 33.9. The van der Waals surface area contributed by atoms with Crippen molar-refractivity contribution >= 4 is 29.2 Å². The Bertz CT molecular complexity index is 1340. The number of carbonyl (C=O) groups is 2. The zero-order chi connectivity index (χ0) is 32.2. The lowest BCUT2D eigenvalue weighted by Crippen LogP contribution is -2.49. The molecule has 242 valence electrons. The molecule has 0 atom stereocenters. The highest BCUT2D eigenvalue weighted by atomic mass is 35.5. The van der Waals surface area contributed by atoms with Crippen molar-refractivity contribution in [1.29, 1.82) is 0 Å². The van der Waals surface area contributed by atoms with E-state index in [1.165, 1.54) is 25.3 Å². The number of hydrogen-bond acceptors (Lipinski definition) is 7. The molecule has 13 heteroatoms. The van der Waals surface area contributed by atoms with Gasteiger partial charge in [0.05, 0.1) is 37.6 Å². The Morgan fingerprint density at radius 1 is 1.07 bits per heavy atom. The van der Waals surface area contributed by atoms with E-state index < -0.39 is 52.5 Å². The summed E-state index contributed by atoms with van der Waals surface area (Å²) in [4.78, 5) is 32.2. The molecule has 2 fully saturated rings. The summed E-state index contributed by atoms with van der Waals surface area (Å²) in [7, 11) is 3.96. The number of alkyl halides is 4. The molecule has 0 unspecified atom stereocenters. The van der Waals surface area contributed by atoms with Gasteiger partial charge in [0.2, 0.25) is 11.8 Å². The molecule has 1 heterocycles. The summed E-state index contributed by atoms with van der Waals surface area (Å²) in [6.45, 7) is 2.10. The standard InChI is InChI=1S/C31H37ClF4N2O6/c1-18-5-7-19(8-6-18)28(39)38(21(15-41-2)16-42-3)25-13-24(33)26(12-22(25)29(40)43-4)44-27-23(31(34,35)36)11-20(14-37-27)30(17-32)9-10-30/h11-14,18-19,21H,5-10,15-17H2,1-4H3/t18-,19-. The van der Waals surface area contributed by atoms with Gasteiger partial charge in [0.25, 0.3) is 0 Å². The van der Waals surface area contributed by atoms with E-state index in [1.54, 1.807) is 0 Å². The van der Waals surface area contributed by atoms with Gasteiger partial charge in [-0.1, -0.05) is 6.92 Å². The third-order valence-electron chi connectivity index (χ3n) is 8.49. The highest BCUT2D eigenvalue weighted by Crippen LogP contribution is 2.51. The fourth-order valence-electron chi connectivity index (χ4n) is 5.66. The molecule has 8 nitrogen and oxygen atoms in total. The van der Waals surface area contributed by atoms with E-state index in [-0.39, 0.29) is 36.3 Å². The summed E-state index contributed by atoms with van der Waals surface area (Å²) in [5, 5.41) is 0. The van der Waals surface area contributed by atoms with E-state index in [0.29, 0.717) is 37.2 Å². The maximum atomic E-state index is 15.8. The van der Waals surface area contributed by atoms with Crippen molar-refractivity contribution in [2.75, 3.05) is 45.3 Å². The molecular weight excluding hydrogens is 608 g/mol. The van der Waals surface area contributed by atoms with Crippen molar-refractivity contribution in [3.05, 3.63) is 46.9 Å². The maximum Gasteiger partial charge on any atom is 0.421 e. The van der Waals surface area contributed by atoms with Gasteiger partial charge in [-0.3, -0.25) is 4.79 Å². The first-order chi connectivity index (χ1) is 20.9. The second-order valence-corrected chi connectivity index (χ2v) is 11.9. The van der Waals surface area contributed by atoms with Crippen molar-refractivity contribution in [3.8, 4) is 11.6 Å². The van der Waals surface area contributed by atoms with Crippen LogP contribution in [0.15, 0.2) is 24.4 Å². The first-order valence-electron chi connectivity index (χ1n) is 14.4. The van der Waals surface area contributed by atoms with E-state index in [4.69, 9.17) is 30.5 Å². The quantitative estimate of drug-likeness (QED) is 0.141. The van der Waals surface area contributed by atoms with Gasteiger partial charge < -0.3 is 23.8 Å². The van der Waals surface area contributed by atoms with E-state index >= 15 is 4.39 Å². The molecule has 4 rings (SSSR count). The van der Waals surface area contributed by atoms with Gasteiger partial charge in [0.15, 0.2) is 11.6 Å². The zero-order valence-corrected chi connectivity index (χ0v) is 25.9. The first-order valence-corrected chi connectivity index (χ1v) is 15.0. The number of esters is 1. The molecule has 0 N–H and O–H groups in total. The minimum absolute atomic E-state index is 0.00180. The second-order valence-electron chi connectivity index (χ2n) is 11.6. The van der Waals surface area contributed by atoms with Gasteiger partial charge in [-0.25, -0.2) is 14.2 Å². The maximum absolute atomic E-state index is 15.8. The number of ether oxygens (including phenoxy) is 4. The number of pyridine rings is 1. The molecule has 1 aromatic heterocycles. The minimum Gasteiger partial charge on any atom is -0.465 e. The summed E-state index contributed by atoms with van der Waals surface area (Å²) in [5.41, 5.74) is -1.92. The summed E-state index contributed by atoms with van der Waals surface area (Å²) >= 11 is 6.01. The van der Waals surface area contributed by atoms with Crippen LogP contribution in [-0.4, -0.2) is 63.3 Å². The van der Waals surface area contributed by atoms with E-state index in [2.05, 4.69) is 11.9 Å². The molecule has 2 saturated carbocycles. The van der Waals surface area contributed by atoms with Gasteiger partial charge >= 0.3 is 12.1 Å². The highest BCUT2D eigenvalue weighted by Gasteiger charge is 2.46. The molecular formula is C31H37ClF4N2O6. The fourth-order valence-corrected chi connectivity index (χ4v) is 6.08. The number of nitrogens with zero attached hydrogens (tertiary/aromatic N) is 2. The molecule has 2 aromatic rings. The van der Waals surface area contributed by atoms with Crippen LogP contribution in [0, 0.1) is 17.7 Å². The van der Waals surface area contributed by atoms with Crippen LogP contribution in [0.5, 0.6) is 11.6 Å². The number of methoxy groups -OCH3 is 3. The van der Waals surface area contributed by atoms with E-state index in [0.717, 1.165) is 38.2 Å². The Morgan fingerprint density at radius 2 is 1.70 bits per heavy atom. The van der Waals surface area contributed by atoms with Crippen LogP contribution in [0.2, 0.25) is 0 Å². The number of rotatable bonds is 12. The lowest BCUT2D eigenvalue weighted by atomic mass is 9.82. The van der Waals surface area contributed by atoms with Gasteiger partial charge in [0, 0.05) is 49.8 Å². The number of anilines is 1. The van der Waals surface area contributed by atoms with Gasteiger partial charge in [-0.15, -0.1) is 11.6 Å². The summed E-state index contributed by atoms with van der Waals surface area (Å²) < 4.78 is 79.1. The van der Waals surface area contributed by atoms with E-state index in [1.807, 2.05) is 0 Å². The Hall–Kier alpha value is -2.96. The predicted octanol–water partition coefficient (Wildman–Crippen LogP) is 6.91. The van der Waals surface area contributed by atoms with Crippen molar-refractivity contribution in [2.45, 2.75) is 63.1 Å². The number of hydrogen-bond donors (Lipinski definition) is 0. The average molecular weight is 645 g/mol. The fraction of sp³-hybridized carbons (Fsp3) is 0.581. The van der Waals surface area contributed by atoms with Crippen LogP contribution < -0.4 is 9.64 Å². The van der Waals surface area contributed by atoms with Gasteiger partial charge in [0.1, 0.15) is 5.56 Å². The predicted molar refractivity (Wildman–Crippen MR) is 155 cm³/mol. The Balaban J connectivity index is 1.80. The van der Waals surface area contributed by atoms with Gasteiger partial charge in [-0.05, 0) is 56.1 Å². The Kier molecular flexibility index (Phi) is 10.8. The number of aromatic nitrogens is 1. The molecule has 0 spiro atoms. The zero-order valence-electron chi connectivity index (χ0n) is 25.1. The average Bonchev–Trinajstić information content (AvgIpc) is 3.79. The molecule has 0 aliphatic heterocycles. The lowest BCUT2D eigenvalue weighted by molar-refractivity contribution is -0.139. The Labute approximate surface area is 258 Å². The molecule has 1 amide bonds. The number of carbonyl (C=O) groups excluding carboxylic acids is 2. The third kappa shape index (κ3) is 7.29. The summed E-state index contributed by atoms with van der Waals surface area (Å²) in [6, 6.07) is 1.97. The van der Waals surface area contributed by atoms with Crippen LogP contribution in [0.25, 0.3) is 0 Å². The van der Waals surface area contributed by atoms with Crippen LogP contribution in [-0.2, 0) is 30.6 Å². The van der Waals surface area contributed by atoms with E-state index in [9.17, 15) is 22.8 Å². The monoisotopic (exact) mass is 644 g/mol. The SMILES string of the molecule is COCC(COC)N(c1cc(F)c(Oc2ncc(C3(CCl)CC3)cc2C(F)(F)F)cc1C(=O)OC)C(=O)[C@H]1CC[C@H](C)CC1. The van der Waals surface area contributed by atoms with Crippen LogP contribution in [0.4, 0.5) is 23.2 Å². The number of halogens is 5. The molecule has 2 aliphatic rings. The Morgan fingerprint density at radius 3 is 2.23 bits per heavy atom. The largest absolute Gasteiger partial charge is 0.465 e. The molecule has 44 heavy (non-hydrogen) atoms. The minimum atomic E-state index is -4.88. The van der Waals surface area contributed by atoms with Crippen molar-refractivity contribution < 1.29 is 46.1 Å². The third-order valence-corrected chi connectivity index (χ3v) is 9.00. The molecule has 0 saturated heterocycles. The van der Waals surface area contributed by atoms with Crippen molar-refractivity contribution in [2.24, 2.45) is 11.8 Å². The smallest absolute Gasteiger partial charge is 0.421 e. The van der Waals surface area contributed by atoms with Crippen LogP contribution in [0.1, 0.15) is 66.9 Å². The normalized spacial score (nSPS) is 19.5. The summed E-state index contributed by atoms with van der Waals surface area (Å²) in [6.07, 6.45) is 0.463. The van der Waals surface area contributed by atoms with Gasteiger partial charge in [-0.2, -0.15) is 13.2 Å². The number of amides is 1. The second kappa shape index (κ2) is 14.0. The van der Waals surface area contributed by atoms with Crippen molar-refractivity contribution in [1.82, 2.24) is 4.98 Å². The highest BCUT2D eigenvalue weighted by molar-refractivity contribution is 6.19.